The van der Waals surface area contributed by atoms with Crippen LogP contribution in [-0.2, 0) is 16.6 Å². The average molecular weight is 302 g/mol. The summed E-state index contributed by atoms with van der Waals surface area (Å²) in [5.74, 6) is -0.530. The third kappa shape index (κ3) is 2.17. The van der Waals surface area contributed by atoms with Gasteiger partial charge in [-0.05, 0) is 30.7 Å². The van der Waals surface area contributed by atoms with Crippen LogP contribution in [0.2, 0.25) is 0 Å². The molecule has 2 aromatic carbocycles. The highest BCUT2D eigenvalue weighted by Gasteiger charge is 2.41. The van der Waals surface area contributed by atoms with E-state index in [2.05, 4.69) is 0 Å². The van der Waals surface area contributed by atoms with Crippen molar-refractivity contribution in [3.63, 3.8) is 0 Å². The quantitative estimate of drug-likeness (QED) is 0.859. The maximum atomic E-state index is 12.4. The number of nitrogens with zero attached hydrogens (tertiary/aromatic N) is 1. The number of sulfonamides is 1. The predicted molar refractivity (Wildman–Crippen MR) is 79.1 cm³/mol. The predicted octanol–water partition coefficient (Wildman–Crippen LogP) is 1.92. The second kappa shape index (κ2) is 4.60. The summed E-state index contributed by atoms with van der Waals surface area (Å²) in [6.45, 7) is 1.97. The number of anilines is 1. The van der Waals surface area contributed by atoms with Gasteiger partial charge < -0.3 is 5.73 Å². The van der Waals surface area contributed by atoms with Crippen LogP contribution in [0.25, 0.3) is 0 Å². The van der Waals surface area contributed by atoms with Crippen LogP contribution in [0.15, 0.2) is 47.4 Å². The third-order valence-corrected chi connectivity index (χ3v) is 5.26. The first-order valence-electron chi connectivity index (χ1n) is 6.42. The van der Waals surface area contributed by atoms with Crippen molar-refractivity contribution in [3.8, 4) is 0 Å². The van der Waals surface area contributed by atoms with Gasteiger partial charge in [-0.15, -0.1) is 0 Å². The summed E-state index contributed by atoms with van der Waals surface area (Å²) >= 11 is 0. The Morgan fingerprint density at radius 1 is 1.10 bits per heavy atom. The molecule has 0 saturated heterocycles. The van der Waals surface area contributed by atoms with Gasteiger partial charge in [0.1, 0.15) is 4.90 Å². The van der Waals surface area contributed by atoms with Gasteiger partial charge in [0.25, 0.3) is 15.9 Å². The first-order chi connectivity index (χ1) is 9.89. The Morgan fingerprint density at radius 3 is 2.43 bits per heavy atom. The molecule has 108 valence electrons. The monoisotopic (exact) mass is 302 g/mol. The molecule has 0 aromatic heterocycles. The van der Waals surface area contributed by atoms with Crippen molar-refractivity contribution in [2.45, 2.75) is 18.4 Å². The van der Waals surface area contributed by atoms with Crippen molar-refractivity contribution in [2.24, 2.45) is 0 Å². The van der Waals surface area contributed by atoms with Crippen LogP contribution in [0.5, 0.6) is 0 Å². The number of rotatable bonds is 2. The molecule has 5 nitrogen and oxygen atoms in total. The van der Waals surface area contributed by atoms with Crippen LogP contribution in [0, 0.1) is 6.92 Å². The van der Waals surface area contributed by atoms with Crippen molar-refractivity contribution in [3.05, 3.63) is 59.2 Å². The van der Waals surface area contributed by atoms with E-state index in [1.54, 1.807) is 0 Å². The zero-order chi connectivity index (χ0) is 15.2. The van der Waals surface area contributed by atoms with Crippen molar-refractivity contribution >= 4 is 21.6 Å². The number of amides is 1. The lowest BCUT2D eigenvalue weighted by atomic mass is 10.1. The van der Waals surface area contributed by atoms with Gasteiger partial charge in [-0.1, -0.05) is 29.8 Å². The summed E-state index contributed by atoms with van der Waals surface area (Å²) in [4.78, 5) is 12.3. The number of carbonyl (C=O) groups is 1. The Kier molecular flexibility index (Phi) is 2.98. The van der Waals surface area contributed by atoms with Gasteiger partial charge in [0.05, 0.1) is 12.1 Å². The van der Waals surface area contributed by atoms with Crippen LogP contribution < -0.4 is 5.73 Å². The maximum Gasteiger partial charge on any atom is 0.269 e. The zero-order valence-corrected chi connectivity index (χ0v) is 12.2. The molecule has 0 spiro atoms. The molecule has 1 heterocycles. The molecule has 0 unspecified atom stereocenters. The Balaban J connectivity index is 2.02. The molecule has 1 amide bonds. The van der Waals surface area contributed by atoms with Crippen molar-refractivity contribution in [1.82, 2.24) is 4.31 Å². The lowest BCUT2D eigenvalue weighted by Crippen LogP contribution is -2.29. The molecule has 2 aromatic rings. The number of carbonyl (C=O) groups excluding carboxylic acids is 1. The lowest BCUT2D eigenvalue weighted by Gasteiger charge is -2.15. The van der Waals surface area contributed by atoms with Crippen molar-refractivity contribution in [2.75, 3.05) is 5.73 Å². The topological polar surface area (TPSA) is 80.5 Å². The van der Waals surface area contributed by atoms with Crippen LogP contribution in [0.4, 0.5) is 5.69 Å². The highest BCUT2D eigenvalue weighted by molar-refractivity contribution is 7.90. The summed E-state index contributed by atoms with van der Waals surface area (Å²) in [5, 5.41) is 0. The summed E-state index contributed by atoms with van der Waals surface area (Å²) in [6.07, 6.45) is 0. The average Bonchev–Trinajstić information content (AvgIpc) is 2.62. The molecule has 0 aliphatic carbocycles. The van der Waals surface area contributed by atoms with E-state index >= 15 is 0 Å². The van der Waals surface area contributed by atoms with Gasteiger partial charge in [-0.25, -0.2) is 12.7 Å². The smallest absolute Gasteiger partial charge is 0.269 e. The molecule has 1 aliphatic rings. The van der Waals surface area contributed by atoms with E-state index in [4.69, 9.17) is 5.73 Å². The largest absolute Gasteiger partial charge is 0.399 e. The number of fused-ring (bicyclic) bond motifs is 1. The van der Waals surface area contributed by atoms with Crippen LogP contribution in [-0.4, -0.2) is 18.6 Å². The van der Waals surface area contributed by atoms with E-state index in [-0.39, 0.29) is 17.0 Å². The Labute approximate surface area is 123 Å². The molecule has 21 heavy (non-hydrogen) atoms. The van der Waals surface area contributed by atoms with Gasteiger partial charge >= 0.3 is 0 Å². The standard InChI is InChI=1S/C15H14N2O3S/c1-10-2-4-11(5-3-10)9-17-15(18)13-8-12(16)6-7-14(13)21(17,19)20/h2-8H,9,16H2,1H3. The van der Waals surface area contributed by atoms with Gasteiger partial charge in [0.15, 0.2) is 0 Å². The molecule has 0 saturated carbocycles. The summed E-state index contributed by atoms with van der Waals surface area (Å²) in [5.41, 5.74) is 7.98. The number of aryl methyl sites for hydroxylation is 1. The molecular formula is C15H14N2O3S. The lowest BCUT2D eigenvalue weighted by molar-refractivity contribution is 0.0865. The Morgan fingerprint density at radius 2 is 1.76 bits per heavy atom. The number of nitrogens with two attached hydrogens (primary N) is 1. The van der Waals surface area contributed by atoms with E-state index in [0.717, 1.165) is 15.4 Å². The summed E-state index contributed by atoms with van der Waals surface area (Å²) in [6, 6.07) is 11.7. The summed E-state index contributed by atoms with van der Waals surface area (Å²) < 4.78 is 25.8. The fourth-order valence-electron chi connectivity index (χ4n) is 2.32. The molecule has 0 radical (unpaired) electrons. The fourth-order valence-corrected chi connectivity index (χ4v) is 3.86. The minimum Gasteiger partial charge on any atom is -0.399 e. The second-order valence-corrected chi connectivity index (χ2v) is 6.89. The van der Waals surface area contributed by atoms with E-state index in [1.807, 2.05) is 31.2 Å². The third-order valence-electron chi connectivity index (χ3n) is 3.48. The SMILES string of the molecule is Cc1ccc(CN2C(=O)c3cc(N)ccc3S2(=O)=O)cc1. The Hall–Kier alpha value is -2.34. The maximum absolute atomic E-state index is 12.4. The first kappa shape index (κ1) is 13.6. The number of nitrogen functional groups attached to an aromatic ring is 1. The first-order valence-corrected chi connectivity index (χ1v) is 7.86. The highest BCUT2D eigenvalue weighted by atomic mass is 32.2. The minimum absolute atomic E-state index is 0.0220. The molecule has 1 aliphatic heterocycles. The van der Waals surface area contributed by atoms with Gasteiger partial charge in [-0.3, -0.25) is 4.79 Å². The van der Waals surface area contributed by atoms with Crippen molar-refractivity contribution < 1.29 is 13.2 Å². The normalized spacial score (nSPS) is 16.0. The van der Waals surface area contributed by atoms with Gasteiger partial charge in [0.2, 0.25) is 0 Å². The van der Waals surface area contributed by atoms with Gasteiger partial charge in [-0.2, -0.15) is 0 Å². The molecule has 0 fully saturated rings. The molecule has 2 N–H and O–H groups in total. The van der Waals surface area contributed by atoms with E-state index in [0.29, 0.717) is 5.69 Å². The van der Waals surface area contributed by atoms with E-state index < -0.39 is 15.9 Å². The Bertz CT molecular complexity index is 826. The van der Waals surface area contributed by atoms with Gasteiger partial charge in [0, 0.05) is 5.69 Å². The number of hydrogen-bond donors (Lipinski definition) is 1. The molecule has 0 atom stereocenters. The molecule has 0 bridgehead atoms. The molecule has 6 heteroatoms. The number of benzene rings is 2. The fraction of sp³-hybridized carbons (Fsp3) is 0.133. The van der Waals surface area contributed by atoms with Crippen LogP contribution >= 0.6 is 0 Å². The molecular weight excluding hydrogens is 288 g/mol. The zero-order valence-electron chi connectivity index (χ0n) is 11.4. The molecule has 3 rings (SSSR count). The number of hydrogen-bond acceptors (Lipinski definition) is 4. The van der Waals surface area contributed by atoms with E-state index in [9.17, 15) is 13.2 Å². The second-order valence-electron chi connectivity index (χ2n) is 5.06. The summed E-state index contributed by atoms with van der Waals surface area (Å²) in [7, 11) is -3.79. The highest BCUT2D eigenvalue weighted by Crippen LogP contribution is 2.32. The minimum atomic E-state index is -3.79. The van der Waals surface area contributed by atoms with E-state index in [1.165, 1.54) is 18.2 Å². The van der Waals surface area contributed by atoms with Crippen LogP contribution in [0.1, 0.15) is 21.5 Å². The van der Waals surface area contributed by atoms with Crippen molar-refractivity contribution in [1.29, 1.82) is 0 Å². The van der Waals surface area contributed by atoms with Crippen LogP contribution in [0.3, 0.4) is 0 Å².